The fourth-order valence-electron chi connectivity index (χ4n) is 1.39. The first-order valence-electron chi connectivity index (χ1n) is 4.75. The van der Waals surface area contributed by atoms with Crippen molar-refractivity contribution in [3.05, 3.63) is 29.8 Å². The Morgan fingerprint density at radius 3 is 2.62 bits per heavy atom. The minimum atomic E-state index is 0. The van der Waals surface area contributed by atoms with Crippen molar-refractivity contribution in [2.24, 2.45) is 4.99 Å². The van der Waals surface area contributed by atoms with Crippen LogP contribution in [0.1, 0.15) is 5.56 Å². The molecule has 0 radical (unpaired) electrons. The van der Waals surface area contributed by atoms with Crippen LogP contribution in [0.4, 0.5) is 0 Å². The summed E-state index contributed by atoms with van der Waals surface area (Å²) in [5.74, 6) is 0.888. The number of benzene rings is 1. The first-order chi connectivity index (χ1) is 7.33. The highest BCUT2D eigenvalue weighted by Gasteiger charge is 2.19. The molecule has 2 rings (SSSR count). The number of thioether (sulfide) groups is 1. The number of nitrogens with zero attached hydrogens (tertiary/aromatic N) is 1. The molecule has 0 spiro atoms. The lowest BCUT2D eigenvalue weighted by Gasteiger charge is -2.04. The molecule has 0 saturated heterocycles. The van der Waals surface area contributed by atoms with E-state index in [2.05, 4.69) is 33.1 Å². The summed E-state index contributed by atoms with van der Waals surface area (Å²) < 4.78 is 5.12. The minimum Gasteiger partial charge on any atom is -0.497 e. The molecule has 88 valence electrons. The molecule has 1 aromatic rings. The first-order valence-corrected chi connectivity index (χ1v) is 6.75. The standard InChI is InChI=1S/C11H12BrNOS.BrH/c1-14-9-4-2-8(3-5-9)11-13-7-10(6-12)15-11;/h2-5,10H,6-7H2,1H3;1H. The molecule has 2 nitrogen and oxygen atoms in total. The summed E-state index contributed by atoms with van der Waals surface area (Å²) in [6.45, 7) is 0.914. The van der Waals surface area contributed by atoms with E-state index in [1.165, 1.54) is 5.56 Å². The van der Waals surface area contributed by atoms with E-state index in [0.717, 1.165) is 22.7 Å². The molecule has 1 aromatic carbocycles. The molecule has 1 unspecified atom stereocenters. The molecule has 0 aromatic heterocycles. The topological polar surface area (TPSA) is 21.6 Å². The number of rotatable bonds is 3. The van der Waals surface area contributed by atoms with Gasteiger partial charge in [0.2, 0.25) is 0 Å². The molecule has 1 atom stereocenters. The zero-order valence-electron chi connectivity index (χ0n) is 8.85. The lowest BCUT2D eigenvalue weighted by Crippen LogP contribution is -2.03. The maximum Gasteiger partial charge on any atom is 0.118 e. The third-order valence-corrected chi connectivity index (χ3v) is 4.67. The molecular weight excluding hydrogens is 354 g/mol. The number of hydrogen-bond donors (Lipinski definition) is 0. The summed E-state index contributed by atoms with van der Waals surface area (Å²) in [4.78, 5) is 4.52. The van der Waals surface area contributed by atoms with Gasteiger partial charge in [-0.25, -0.2) is 0 Å². The van der Waals surface area contributed by atoms with Gasteiger partial charge < -0.3 is 4.74 Å². The van der Waals surface area contributed by atoms with Crippen LogP contribution in [0, 0.1) is 0 Å². The molecule has 16 heavy (non-hydrogen) atoms. The van der Waals surface area contributed by atoms with Crippen LogP contribution in [-0.4, -0.2) is 29.3 Å². The molecule has 1 aliphatic rings. The highest BCUT2D eigenvalue weighted by molar-refractivity contribution is 9.09. The zero-order chi connectivity index (χ0) is 10.7. The largest absolute Gasteiger partial charge is 0.497 e. The van der Waals surface area contributed by atoms with Gasteiger partial charge >= 0.3 is 0 Å². The van der Waals surface area contributed by atoms with Gasteiger partial charge in [0, 0.05) is 16.1 Å². The van der Waals surface area contributed by atoms with Crippen LogP contribution in [0.5, 0.6) is 5.75 Å². The van der Waals surface area contributed by atoms with Crippen molar-refractivity contribution in [3.8, 4) is 5.75 Å². The van der Waals surface area contributed by atoms with Crippen molar-refractivity contribution < 1.29 is 4.74 Å². The van der Waals surface area contributed by atoms with Crippen LogP contribution >= 0.6 is 44.7 Å². The van der Waals surface area contributed by atoms with Crippen molar-refractivity contribution in [1.29, 1.82) is 0 Å². The van der Waals surface area contributed by atoms with Crippen molar-refractivity contribution in [2.75, 3.05) is 19.0 Å². The monoisotopic (exact) mass is 365 g/mol. The molecular formula is C11H13Br2NOS. The fourth-order valence-corrected chi connectivity index (χ4v) is 2.94. The van der Waals surface area contributed by atoms with Crippen LogP contribution in [0.3, 0.4) is 0 Å². The number of hydrogen-bond acceptors (Lipinski definition) is 3. The average molecular weight is 367 g/mol. The van der Waals surface area contributed by atoms with Crippen molar-refractivity contribution in [3.63, 3.8) is 0 Å². The van der Waals surface area contributed by atoms with Crippen LogP contribution in [0.25, 0.3) is 0 Å². The summed E-state index contributed by atoms with van der Waals surface area (Å²) in [6, 6.07) is 8.06. The zero-order valence-corrected chi connectivity index (χ0v) is 13.0. The molecule has 0 amide bonds. The quantitative estimate of drug-likeness (QED) is 0.763. The van der Waals surface area contributed by atoms with E-state index >= 15 is 0 Å². The second-order valence-electron chi connectivity index (χ2n) is 3.27. The van der Waals surface area contributed by atoms with E-state index in [0.29, 0.717) is 5.25 Å². The molecule has 5 heteroatoms. The summed E-state index contributed by atoms with van der Waals surface area (Å²) in [6.07, 6.45) is 0. The Bertz CT molecular complexity index is 367. The Morgan fingerprint density at radius 1 is 1.44 bits per heavy atom. The van der Waals surface area contributed by atoms with Crippen LogP contribution in [0.2, 0.25) is 0 Å². The Kier molecular flexibility index (Phi) is 5.86. The van der Waals surface area contributed by atoms with E-state index in [1.807, 2.05) is 23.9 Å². The van der Waals surface area contributed by atoms with Crippen molar-refractivity contribution >= 4 is 49.7 Å². The fraction of sp³-hybridized carbons (Fsp3) is 0.364. The molecule has 1 heterocycles. The van der Waals surface area contributed by atoms with Crippen molar-refractivity contribution in [2.45, 2.75) is 5.25 Å². The number of ether oxygens (including phenoxy) is 1. The maximum absolute atomic E-state index is 5.12. The number of alkyl halides is 1. The van der Waals surface area contributed by atoms with Gasteiger partial charge in [-0.15, -0.1) is 28.7 Å². The number of halogens is 2. The second-order valence-corrected chi connectivity index (χ2v) is 5.21. The van der Waals surface area contributed by atoms with E-state index in [4.69, 9.17) is 4.74 Å². The third kappa shape index (κ3) is 3.25. The molecule has 0 bridgehead atoms. The Morgan fingerprint density at radius 2 is 2.12 bits per heavy atom. The van der Waals surface area contributed by atoms with Gasteiger partial charge in [-0.05, 0) is 24.3 Å². The molecule has 0 N–H and O–H groups in total. The lowest BCUT2D eigenvalue weighted by molar-refractivity contribution is 0.415. The van der Waals surface area contributed by atoms with Crippen molar-refractivity contribution in [1.82, 2.24) is 0 Å². The second kappa shape index (κ2) is 6.67. The minimum absolute atomic E-state index is 0. The van der Waals surface area contributed by atoms with E-state index in [9.17, 15) is 0 Å². The molecule has 0 saturated carbocycles. The summed E-state index contributed by atoms with van der Waals surface area (Å²) in [5.41, 5.74) is 1.18. The first kappa shape index (κ1) is 14.1. The molecule has 0 fully saturated rings. The number of methoxy groups -OCH3 is 1. The Labute approximate surface area is 119 Å². The SMILES string of the molecule is Br.COc1ccc(C2=NCC(CBr)S2)cc1. The third-order valence-electron chi connectivity index (χ3n) is 2.23. The van der Waals surface area contributed by atoms with Gasteiger partial charge in [-0.2, -0.15) is 0 Å². The van der Waals surface area contributed by atoms with Crippen LogP contribution < -0.4 is 4.74 Å². The van der Waals surface area contributed by atoms with Gasteiger partial charge in [0.1, 0.15) is 5.75 Å². The Hall–Kier alpha value is -0.000000000000000111. The lowest BCUT2D eigenvalue weighted by atomic mass is 10.2. The summed E-state index contributed by atoms with van der Waals surface area (Å²) >= 11 is 5.32. The van der Waals surface area contributed by atoms with Gasteiger partial charge in [-0.1, -0.05) is 15.9 Å². The molecule has 0 aliphatic carbocycles. The van der Waals surface area contributed by atoms with Gasteiger partial charge in [-0.3, -0.25) is 4.99 Å². The highest BCUT2D eigenvalue weighted by atomic mass is 79.9. The number of aliphatic imine (C=N–C) groups is 1. The molecule has 1 aliphatic heterocycles. The van der Waals surface area contributed by atoms with Gasteiger partial charge in [0.25, 0.3) is 0 Å². The Balaban J connectivity index is 0.00000128. The van der Waals surface area contributed by atoms with Gasteiger partial charge in [0.05, 0.1) is 18.7 Å². The summed E-state index contributed by atoms with van der Waals surface area (Å²) in [7, 11) is 1.68. The van der Waals surface area contributed by atoms with Crippen LogP contribution in [0.15, 0.2) is 29.3 Å². The van der Waals surface area contributed by atoms with E-state index in [-0.39, 0.29) is 17.0 Å². The van der Waals surface area contributed by atoms with Crippen LogP contribution in [-0.2, 0) is 0 Å². The smallest absolute Gasteiger partial charge is 0.118 e. The highest BCUT2D eigenvalue weighted by Crippen LogP contribution is 2.27. The summed E-state index contributed by atoms with van der Waals surface area (Å²) in [5, 5.41) is 2.73. The normalized spacial score (nSPS) is 18.9. The van der Waals surface area contributed by atoms with E-state index < -0.39 is 0 Å². The average Bonchev–Trinajstić information content (AvgIpc) is 2.78. The van der Waals surface area contributed by atoms with E-state index in [1.54, 1.807) is 7.11 Å². The predicted octanol–water partition coefficient (Wildman–Crippen LogP) is 3.53. The van der Waals surface area contributed by atoms with Gasteiger partial charge in [0.15, 0.2) is 0 Å². The maximum atomic E-state index is 5.12. The predicted molar refractivity (Wildman–Crippen MR) is 79.9 cm³/mol.